The van der Waals surface area contributed by atoms with Crippen LogP contribution in [0.2, 0.25) is 0 Å². The van der Waals surface area contributed by atoms with Crippen LogP contribution in [0.5, 0.6) is 0 Å². The van der Waals surface area contributed by atoms with Crippen LogP contribution in [0, 0.1) is 0 Å². The van der Waals surface area contributed by atoms with Gasteiger partial charge in [0, 0.05) is 11.1 Å². The zero-order chi connectivity index (χ0) is 14.3. The van der Waals surface area contributed by atoms with Crippen molar-refractivity contribution in [3.05, 3.63) is 70.9 Å². The molecule has 0 aliphatic heterocycles. The van der Waals surface area contributed by atoms with E-state index in [-0.39, 0.29) is 34.3 Å². The lowest BCUT2D eigenvalue weighted by molar-refractivity contribution is -0.114. The molecule has 4 heteroatoms. The van der Waals surface area contributed by atoms with Crippen molar-refractivity contribution in [2.45, 2.75) is 0 Å². The summed E-state index contributed by atoms with van der Waals surface area (Å²) in [5.74, 6) is -1.11. The summed E-state index contributed by atoms with van der Waals surface area (Å²) in [6, 6.07) is 0. The maximum absolute atomic E-state index is 11.8. The van der Waals surface area contributed by atoms with Gasteiger partial charge in [0.1, 0.15) is 0 Å². The van der Waals surface area contributed by atoms with Crippen LogP contribution in [0.1, 0.15) is 0 Å². The van der Waals surface area contributed by atoms with Gasteiger partial charge in [-0.15, -0.1) is 0 Å². The molecule has 0 heterocycles. The number of hydrogen-bond donors (Lipinski definition) is 0. The van der Waals surface area contributed by atoms with Gasteiger partial charge in [-0.05, 0) is 47.6 Å². The summed E-state index contributed by atoms with van der Waals surface area (Å²) in [5, 5.41) is 0. The molecule has 3 aliphatic rings. The average molecular weight is 264 g/mol. The Labute approximate surface area is 114 Å². The number of ketones is 4. The summed E-state index contributed by atoms with van der Waals surface area (Å²) in [6.45, 7) is 0. The second-order valence-corrected chi connectivity index (χ2v) is 4.48. The van der Waals surface area contributed by atoms with E-state index in [1.807, 2.05) is 0 Å². The van der Waals surface area contributed by atoms with Gasteiger partial charge >= 0.3 is 0 Å². The molecule has 0 radical (unpaired) electrons. The third kappa shape index (κ3) is 1.87. The molecule has 0 aromatic carbocycles. The fourth-order valence-corrected chi connectivity index (χ4v) is 2.16. The summed E-state index contributed by atoms with van der Waals surface area (Å²) < 4.78 is 0. The van der Waals surface area contributed by atoms with Crippen LogP contribution in [0.3, 0.4) is 0 Å². The molecule has 0 fully saturated rings. The molecular formula is C16H8O4. The van der Waals surface area contributed by atoms with Crippen LogP contribution in [-0.2, 0) is 19.2 Å². The van der Waals surface area contributed by atoms with Crippen LogP contribution >= 0.6 is 0 Å². The lowest BCUT2D eigenvalue weighted by Gasteiger charge is -2.21. The van der Waals surface area contributed by atoms with Gasteiger partial charge in [0.2, 0.25) is 0 Å². The second kappa shape index (κ2) is 4.35. The lowest BCUT2D eigenvalue weighted by Crippen LogP contribution is -2.17. The molecule has 0 atom stereocenters. The Balaban J connectivity index is 2.03. The van der Waals surface area contributed by atoms with Crippen molar-refractivity contribution in [2.24, 2.45) is 0 Å². The topological polar surface area (TPSA) is 68.3 Å². The van der Waals surface area contributed by atoms with Crippen LogP contribution in [0.15, 0.2) is 70.9 Å². The van der Waals surface area contributed by atoms with Gasteiger partial charge < -0.3 is 0 Å². The van der Waals surface area contributed by atoms with Gasteiger partial charge in [0.05, 0.1) is 0 Å². The quantitative estimate of drug-likeness (QED) is 0.701. The molecule has 0 spiro atoms. The molecule has 4 nitrogen and oxygen atoms in total. The van der Waals surface area contributed by atoms with Gasteiger partial charge in [-0.2, -0.15) is 0 Å². The molecule has 20 heavy (non-hydrogen) atoms. The summed E-state index contributed by atoms with van der Waals surface area (Å²) in [5.41, 5.74) is 1.56. The molecule has 3 aliphatic carbocycles. The highest BCUT2D eigenvalue weighted by Crippen LogP contribution is 2.33. The van der Waals surface area contributed by atoms with Crippen LogP contribution < -0.4 is 0 Å². The highest BCUT2D eigenvalue weighted by molar-refractivity contribution is 6.23. The number of hydrogen-bond acceptors (Lipinski definition) is 4. The first-order chi connectivity index (χ1) is 9.56. The summed E-state index contributed by atoms with van der Waals surface area (Å²) >= 11 is 0. The maximum atomic E-state index is 11.8. The van der Waals surface area contributed by atoms with Crippen LogP contribution in [0.4, 0.5) is 0 Å². The van der Waals surface area contributed by atoms with Crippen molar-refractivity contribution in [3.63, 3.8) is 0 Å². The Morgan fingerprint density at radius 2 is 0.900 bits per heavy atom. The highest BCUT2D eigenvalue weighted by atomic mass is 16.1. The van der Waals surface area contributed by atoms with Crippen molar-refractivity contribution >= 4 is 23.1 Å². The number of allylic oxidation sites excluding steroid dienone is 12. The minimum atomic E-state index is -0.285. The van der Waals surface area contributed by atoms with Gasteiger partial charge in [0.15, 0.2) is 23.1 Å². The lowest BCUT2D eigenvalue weighted by atomic mass is 9.81. The first-order valence-electron chi connectivity index (χ1n) is 5.95. The van der Waals surface area contributed by atoms with Crippen LogP contribution in [-0.4, -0.2) is 23.1 Å². The zero-order valence-corrected chi connectivity index (χ0v) is 10.3. The summed E-state index contributed by atoms with van der Waals surface area (Å²) in [4.78, 5) is 46.3. The van der Waals surface area contributed by atoms with Crippen LogP contribution in [0.25, 0.3) is 0 Å². The Bertz CT molecular complexity index is 700. The predicted octanol–water partition coefficient (Wildman–Crippen LogP) is 1.12. The normalized spacial score (nSPS) is 21.2. The largest absolute Gasteiger partial charge is 0.290 e. The molecule has 0 bridgehead atoms. The van der Waals surface area contributed by atoms with Crippen molar-refractivity contribution in [1.29, 1.82) is 0 Å². The molecule has 0 aromatic heterocycles. The maximum Gasteiger partial charge on any atom is 0.186 e. The molecular weight excluding hydrogens is 256 g/mol. The third-order valence-corrected chi connectivity index (χ3v) is 3.19. The number of carbonyl (C=O) groups is 4. The molecule has 0 unspecified atom stereocenters. The van der Waals surface area contributed by atoms with E-state index in [0.717, 1.165) is 0 Å². The van der Waals surface area contributed by atoms with E-state index in [4.69, 9.17) is 0 Å². The van der Waals surface area contributed by atoms with E-state index in [1.54, 1.807) is 12.2 Å². The fraction of sp³-hybridized carbons (Fsp3) is 0. The van der Waals surface area contributed by atoms with Gasteiger partial charge in [0.25, 0.3) is 0 Å². The summed E-state index contributed by atoms with van der Waals surface area (Å²) in [6.07, 6.45) is 10.6. The second-order valence-electron chi connectivity index (χ2n) is 4.48. The number of carbonyl (C=O) groups excluding carboxylic acids is 4. The van der Waals surface area contributed by atoms with E-state index < -0.39 is 0 Å². The van der Waals surface area contributed by atoms with E-state index in [2.05, 4.69) is 0 Å². The molecule has 96 valence electrons. The SMILES string of the molecule is O=C1C=CC(=O)C(C2=C(C3=CC(=O)C=CC3=O)C=C2)=C1. The Morgan fingerprint density at radius 1 is 0.500 bits per heavy atom. The first-order valence-corrected chi connectivity index (χ1v) is 5.95. The Hall–Kier alpha value is -2.88. The van der Waals surface area contributed by atoms with Gasteiger partial charge in [-0.1, -0.05) is 12.2 Å². The summed E-state index contributed by atoms with van der Waals surface area (Å²) in [7, 11) is 0. The predicted molar refractivity (Wildman–Crippen MR) is 70.6 cm³/mol. The smallest absolute Gasteiger partial charge is 0.186 e. The molecule has 0 N–H and O–H groups in total. The Morgan fingerprint density at radius 3 is 1.25 bits per heavy atom. The zero-order valence-electron chi connectivity index (χ0n) is 10.3. The molecule has 3 rings (SSSR count). The average Bonchev–Trinajstić information content (AvgIpc) is 2.37. The molecule has 0 aromatic rings. The monoisotopic (exact) mass is 264 g/mol. The minimum absolute atomic E-state index is 0.255. The first kappa shape index (κ1) is 12.2. The van der Waals surface area contributed by atoms with Gasteiger partial charge in [-0.3, -0.25) is 19.2 Å². The van der Waals surface area contributed by atoms with Crippen molar-refractivity contribution in [1.82, 2.24) is 0 Å². The van der Waals surface area contributed by atoms with E-state index >= 15 is 0 Å². The van der Waals surface area contributed by atoms with E-state index in [9.17, 15) is 19.2 Å². The number of rotatable bonds is 2. The van der Waals surface area contributed by atoms with E-state index in [0.29, 0.717) is 11.1 Å². The molecule has 0 amide bonds. The van der Waals surface area contributed by atoms with Crippen molar-refractivity contribution in [3.8, 4) is 0 Å². The molecule has 0 saturated heterocycles. The van der Waals surface area contributed by atoms with E-state index in [1.165, 1.54) is 36.5 Å². The fourth-order valence-electron chi connectivity index (χ4n) is 2.16. The Kier molecular flexibility index (Phi) is 2.64. The third-order valence-electron chi connectivity index (χ3n) is 3.19. The van der Waals surface area contributed by atoms with Gasteiger partial charge in [-0.25, -0.2) is 0 Å². The van der Waals surface area contributed by atoms with Crippen molar-refractivity contribution < 1.29 is 19.2 Å². The highest BCUT2D eigenvalue weighted by Gasteiger charge is 2.27. The standard InChI is InChI=1S/C16H8O4/c17-9-1-5-15(19)13(7-9)11-3-4-12(11)14-8-10(18)2-6-16(14)20/h1-8H. The van der Waals surface area contributed by atoms with Crippen molar-refractivity contribution in [2.75, 3.05) is 0 Å². The minimum Gasteiger partial charge on any atom is -0.290 e. The molecule has 0 saturated carbocycles.